The number of aromatic nitrogens is 2. The van der Waals surface area contributed by atoms with Gasteiger partial charge in [-0.05, 0) is 13.0 Å². The van der Waals surface area contributed by atoms with Crippen LogP contribution in [0.15, 0.2) is 16.8 Å². The lowest BCUT2D eigenvalue weighted by Crippen LogP contribution is -2.36. The van der Waals surface area contributed by atoms with Crippen molar-refractivity contribution in [3.63, 3.8) is 0 Å². The van der Waals surface area contributed by atoms with Crippen molar-refractivity contribution in [1.82, 2.24) is 15.0 Å². The molecule has 0 bridgehead atoms. The van der Waals surface area contributed by atoms with Crippen LogP contribution in [0, 0.1) is 6.92 Å². The lowest BCUT2D eigenvalue weighted by molar-refractivity contribution is 0.0656. The summed E-state index contributed by atoms with van der Waals surface area (Å²) in [5, 5.41) is 13.6. The van der Waals surface area contributed by atoms with Gasteiger partial charge in [-0.1, -0.05) is 5.16 Å². The molecule has 0 radical (unpaired) electrons. The Balaban J connectivity index is 2.25. The van der Waals surface area contributed by atoms with Gasteiger partial charge in [-0.3, -0.25) is 4.79 Å². The van der Waals surface area contributed by atoms with Gasteiger partial charge in [0.2, 0.25) is 0 Å². The summed E-state index contributed by atoms with van der Waals surface area (Å²) in [5.74, 6) is -0.203. The lowest BCUT2D eigenvalue weighted by Gasteiger charge is -2.21. The van der Waals surface area contributed by atoms with Gasteiger partial charge >= 0.3 is 0 Å². The Kier molecular flexibility index (Phi) is 4.65. The predicted octanol–water partition coefficient (Wildman–Crippen LogP) is 0.612. The molecule has 0 aromatic carbocycles. The van der Waals surface area contributed by atoms with Gasteiger partial charge in [0.05, 0.1) is 29.9 Å². The zero-order valence-corrected chi connectivity index (χ0v) is 11.5. The van der Waals surface area contributed by atoms with Crippen LogP contribution in [0.2, 0.25) is 0 Å². The van der Waals surface area contributed by atoms with Crippen LogP contribution in [-0.4, -0.2) is 59.5 Å². The van der Waals surface area contributed by atoms with Gasteiger partial charge in [-0.2, -0.15) is 0 Å². The zero-order chi connectivity index (χ0) is 14.5. The quantitative estimate of drug-likeness (QED) is 0.833. The van der Waals surface area contributed by atoms with E-state index in [2.05, 4.69) is 10.1 Å². The number of carbonyl (C=O) groups excluding carboxylic acids is 1. The maximum Gasteiger partial charge on any atom is 0.257 e. The first kappa shape index (κ1) is 14.4. The molecule has 0 saturated carbocycles. The molecule has 2 rings (SSSR count). The SMILES string of the molecule is COCCN(CCO)C(=O)c1cnc2onc(C)c2c1. The van der Waals surface area contributed by atoms with E-state index >= 15 is 0 Å². The van der Waals surface area contributed by atoms with Gasteiger partial charge < -0.3 is 19.3 Å². The summed E-state index contributed by atoms with van der Waals surface area (Å²) >= 11 is 0. The molecule has 1 N–H and O–H groups in total. The molecule has 2 aromatic rings. The summed E-state index contributed by atoms with van der Waals surface area (Å²) in [5.41, 5.74) is 1.53. The van der Waals surface area contributed by atoms with Crippen molar-refractivity contribution in [2.24, 2.45) is 0 Å². The summed E-state index contributed by atoms with van der Waals surface area (Å²) in [6.07, 6.45) is 1.45. The van der Waals surface area contributed by atoms with Crippen LogP contribution in [0.3, 0.4) is 0 Å². The number of hydrogen-bond donors (Lipinski definition) is 1. The third kappa shape index (κ3) is 2.94. The molecular weight excluding hydrogens is 262 g/mol. The van der Waals surface area contributed by atoms with Crippen LogP contribution in [0.5, 0.6) is 0 Å². The van der Waals surface area contributed by atoms with E-state index in [1.165, 1.54) is 11.1 Å². The molecule has 1 amide bonds. The van der Waals surface area contributed by atoms with Crippen LogP contribution in [0.4, 0.5) is 0 Å². The standard InChI is InChI=1S/C13H17N3O4/c1-9-11-7-10(8-14-12(11)20-15-9)13(18)16(3-5-17)4-6-19-2/h7-8,17H,3-6H2,1-2H3. The maximum atomic E-state index is 12.4. The van der Waals surface area contributed by atoms with Gasteiger partial charge in [0, 0.05) is 26.4 Å². The van der Waals surface area contributed by atoms with Crippen LogP contribution in [-0.2, 0) is 4.74 Å². The molecule has 7 heteroatoms. The average molecular weight is 279 g/mol. The lowest BCUT2D eigenvalue weighted by atomic mass is 10.2. The Bertz CT molecular complexity index is 596. The van der Waals surface area contributed by atoms with E-state index in [-0.39, 0.29) is 19.1 Å². The topological polar surface area (TPSA) is 88.7 Å². The van der Waals surface area contributed by atoms with E-state index in [1.54, 1.807) is 20.1 Å². The minimum atomic E-state index is -0.203. The number of pyridine rings is 1. The molecule has 7 nitrogen and oxygen atoms in total. The summed E-state index contributed by atoms with van der Waals surface area (Å²) in [6, 6.07) is 1.70. The van der Waals surface area contributed by atoms with Crippen molar-refractivity contribution in [1.29, 1.82) is 0 Å². The number of methoxy groups -OCH3 is 1. The molecule has 0 saturated heterocycles. The van der Waals surface area contributed by atoms with E-state index in [0.717, 1.165) is 0 Å². The number of aryl methyl sites for hydroxylation is 1. The summed E-state index contributed by atoms with van der Waals surface area (Å²) in [4.78, 5) is 18.0. The monoisotopic (exact) mass is 279 g/mol. The number of rotatable bonds is 6. The Labute approximate surface area is 116 Å². The van der Waals surface area contributed by atoms with Crippen molar-refractivity contribution in [3.8, 4) is 0 Å². The van der Waals surface area contributed by atoms with Crippen LogP contribution >= 0.6 is 0 Å². The first-order chi connectivity index (χ1) is 9.67. The molecule has 0 spiro atoms. The molecule has 0 atom stereocenters. The van der Waals surface area contributed by atoms with Crippen molar-refractivity contribution in [3.05, 3.63) is 23.5 Å². The molecule has 20 heavy (non-hydrogen) atoms. The number of fused-ring (bicyclic) bond motifs is 1. The van der Waals surface area contributed by atoms with Gasteiger partial charge in [0.1, 0.15) is 0 Å². The van der Waals surface area contributed by atoms with E-state index in [9.17, 15) is 4.79 Å². The van der Waals surface area contributed by atoms with Crippen molar-refractivity contribution in [2.75, 3.05) is 33.4 Å². The highest BCUT2D eigenvalue weighted by Crippen LogP contribution is 2.17. The highest BCUT2D eigenvalue weighted by molar-refractivity contribution is 5.97. The Morgan fingerprint density at radius 3 is 3.00 bits per heavy atom. The number of amides is 1. The fourth-order valence-corrected chi connectivity index (χ4v) is 1.88. The fourth-order valence-electron chi connectivity index (χ4n) is 1.88. The average Bonchev–Trinajstić information content (AvgIpc) is 2.84. The van der Waals surface area contributed by atoms with Gasteiger partial charge in [-0.15, -0.1) is 0 Å². The molecule has 2 heterocycles. The Hall–Kier alpha value is -1.99. The van der Waals surface area contributed by atoms with Crippen LogP contribution in [0.25, 0.3) is 11.1 Å². The maximum absolute atomic E-state index is 12.4. The summed E-state index contributed by atoms with van der Waals surface area (Å²) < 4.78 is 9.98. The highest BCUT2D eigenvalue weighted by atomic mass is 16.5. The van der Waals surface area contributed by atoms with E-state index in [1.807, 2.05) is 0 Å². The van der Waals surface area contributed by atoms with Gasteiger partial charge in [-0.25, -0.2) is 4.98 Å². The van der Waals surface area contributed by atoms with Gasteiger partial charge in [0.25, 0.3) is 11.6 Å². The first-order valence-corrected chi connectivity index (χ1v) is 6.28. The Morgan fingerprint density at radius 2 is 2.30 bits per heavy atom. The second kappa shape index (κ2) is 6.44. The zero-order valence-electron chi connectivity index (χ0n) is 11.5. The number of nitrogens with zero attached hydrogens (tertiary/aromatic N) is 3. The molecule has 2 aromatic heterocycles. The number of aliphatic hydroxyl groups is 1. The number of carbonyl (C=O) groups is 1. The molecule has 0 unspecified atom stereocenters. The molecule has 0 aliphatic carbocycles. The molecule has 0 fully saturated rings. The first-order valence-electron chi connectivity index (χ1n) is 6.28. The molecule has 108 valence electrons. The van der Waals surface area contributed by atoms with E-state index in [0.29, 0.717) is 35.5 Å². The van der Waals surface area contributed by atoms with Crippen molar-refractivity contribution >= 4 is 17.0 Å². The summed E-state index contributed by atoms with van der Waals surface area (Å²) in [6.45, 7) is 2.77. The molecule has 0 aliphatic heterocycles. The van der Waals surface area contributed by atoms with Gasteiger partial charge in [0.15, 0.2) is 0 Å². The van der Waals surface area contributed by atoms with Crippen LogP contribution in [0.1, 0.15) is 16.1 Å². The third-order valence-electron chi connectivity index (χ3n) is 2.98. The minimum absolute atomic E-state index is 0.0998. The number of aliphatic hydroxyl groups excluding tert-OH is 1. The van der Waals surface area contributed by atoms with Crippen molar-refractivity contribution < 1.29 is 19.2 Å². The van der Waals surface area contributed by atoms with E-state index < -0.39 is 0 Å². The molecule has 0 aliphatic rings. The molecular formula is C13H17N3O4. The number of ether oxygens (including phenoxy) is 1. The number of hydrogen-bond acceptors (Lipinski definition) is 6. The second-order valence-electron chi connectivity index (χ2n) is 4.35. The summed E-state index contributed by atoms with van der Waals surface area (Å²) in [7, 11) is 1.57. The van der Waals surface area contributed by atoms with Crippen LogP contribution < -0.4 is 0 Å². The largest absolute Gasteiger partial charge is 0.395 e. The Morgan fingerprint density at radius 1 is 1.50 bits per heavy atom. The fraction of sp³-hybridized carbons (Fsp3) is 0.462. The van der Waals surface area contributed by atoms with E-state index in [4.69, 9.17) is 14.4 Å². The third-order valence-corrected chi connectivity index (χ3v) is 2.98. The smallest absolute Gasteiger partial charge is 0.257 e. The van der Waals surface area contributed by atoms with Crippen molar-refractivity contribution in [2.45, 2.75) is 6.92 Å². The second-order valence-corrected chi connectivity index (χ2v) is 4.35. The highest BCUT2D eigenvalue weighted by Gasteiger charge is 2.17. The normalized spacial score (nSPS) is 10.9. The predicted molar refractivity (Wildman–Crippen MR) is 71.4 cm³/mol. The minimum Gasteiger partial charge on any atom is -0.395 e.